The van der Waals surface area contributed by atoms with Gasteiger partial charge in [0.05, 0.1) is 5.54 Å². The molecule has 0 aromatic heterocycles. The highest BCUT2D eigenvalue weighted by molar-refractivity contribution is 5.81. The smallest absolute Gasteiger partial charge is 0.319 e. The number of urea groups is 1. The van der Waals surface area contributed by atoms with Gasteiger partial charge in [0.15, 0.2) is 0 Å². The summed E-state index contributed by atoms with van der Waals surface area (Å²) < 4.78 is 0. The van der Waals surface area contributed by atoms with Gasteiger partial charge in [0.2, 0.25) is 0 Å². The monoisotopic (exact) mass is 168 g/mol. The van der Waals surface area contributed by atoms with Crippen LogP contribution in [0.2, 0.25) is 0 Å². The number of hydrazine groups is 1. The van der Waals surface area contributed by atoms with Crippen molar-refractivity contribution >= 4 is 6.03 Å². The fraction of sp³-hybridized carbons (Fsp3) is 0.571. The summed E-state index contributed by atoms with van der Waals surface area (Å²) >= 11 is 0. The Bertz CT molecular complexity index is 252. The minimum Gasteiger partial charge on any atom is -0.325 e. The molecule has 2 fully saturated rings. The van der Waals surface area contributed by atoms with E-state index in [4.69, 9.17) is 5.84 Å². The number of hydrogen-bond donors (Lipinski definition) is 3. The van der Waals surface area contributed by atoms with Gasteiger partial charge in [-0.05, 0) is 6.42 Å². The normalized spacial score (nSPS) is 35.8. The van der Waals surface area contributed by atoms with E-state index >= 15 is 0 Å². The first-order valence-corrected chi connectivity index (χ1v) is 3.91. The van der Waals surface area contributed by atoms with E-state index in [2.05, 4.69) is 17.2 Å². The first kappa shape index (κ1) is 7.57. The number of nitrogens with zero attached hydrogens (tertiary/aromatic N) is 1. The number of carbonyl (C=O) groups excluding carboxylic acids is 1. The largest absolute Gasteiger partial charge is 0.325 e. The van der Waals surface area contributed by atoms with Gasteiger partial charge in [0.1, 0.15) is 0 Å². The number of rotatable bonds is 0. The molecule has 5 nitrogen and oxygen atoms in total. The Hall–Kier alpha value is -1.07. The fourth-order valence-corrected chi connectivity index (χ4v) is 1.77. The molecule has 0 aliphatic carbocycles. The van der Waals surface area contributed by atoms with Crippen LogP contribution in [0.3, 0.4) is 0 Å². The van der Waals surface area contributed by atoms with Crippen molar-refractivity contribution in [3.63, 3.8) is 0 Å². The molecule has 2 saturated heterocycles. The Morgan fingerprint density at radius 1 is 1.67 bits per heavy atom. The van der Waals surface area contributed by atoms with Crippen molar-refractivity contribution in [1.82, 2.24) is 15.6 Å². The highest BCUT2D eigenvalue weighted by atomic mass is 16.2. The minimum absolute atomic E-state index is 0.171. The predicted molar refractivity (Wildman–Crippen MR) is 43.9 cm³/mol. The Morgan fingerprint density at radius 3 is 2.83 bits per heavy atom. The van der Waals surface area contributed by atoms with Crippen molar-refractivity contribution in [2.75, 3.05) is 13.1 Å². The predicted octanol–water partition coefficient (Wildman–Crippen LogP) is -0.869. The van der Waals surface area contributed by atoms with Crippen LogP contribution in [0.25, 0.3) is 0 Å². The van der Waals surface area contributed by atoms with Crippen LogP contribution in [-0.4, -0.2) is 29.7 Å². The molecule has 2 rings (SSSR count). The van der Waals surface area contributed by atoms with Crippen LogP contribution in [0.5, 0.6) is 0 Å². The van der Waals surface area contributed by atoms with Crippen molar-refractivity contribution in [2.24, 2.45) is 5.84 Å². The quantitative estimate of drug-likeness (QED) is 0.412. The fourth-order valence-electron chi connectivity index (χ4n) is 1.77. The summed E-state index contributed by atoms with van der Waals surface area (Å²) in [6.07, 6.45) is 0.834. The molecule has 1 unspecified atom stereocenters. The number of nitrogens with one attached hydrogen (secondary N) is 2. The van der Waals surface area contributed by atoms with Crippen LogP contribution < -0.4 is 16.5 Å². The summed E-state index contributed by atoms with van der Waals surface area (Å²) in [5, 5.41) is 7.17. The number of amides is 2. The number of hydrogen-bond acceptors (Lipinski definition) is 3. The lowest BCUT2D eigenvalue weighted by Gasteiger charge is -2.22. The summed E-state index contributed by atoms with van der Waals surface area (Å²) in [6, 6.07) is -0.171. The molecular weight excluding hydrogens is 156 g/mol. The highest BCUT2D eigenvalue weighted by Crippen LogP contribution is 2.27. The maximum Gasteiger partial charge on any atom is 0.319 e. The summed E-state index contributed by atoms with van der Waals surface area (Å²) in [5.74, 6) is 5.61. The van der Waals surface area contributed by atoms with E-state index in [0.717, 1.165) is 18.7 Å². The lowest BCUT2D eigenvalue weighted by atomic mass is 9.97. The molecule has 66 valence electrons. The molecule has 2 heterocycles. The highest BCUT2D eigenvalue weighted by Gasteiger charge is 2.45. The number of carbonyl (C=O) groups is 1. The van der Waals surface area contributed by atoms with E-state index in [1.54, 1.807) is 5.01 Å². The third kappa shape index (κ3) is 0.904. The van der Waals surface area contributed by atoms with Gasteiger partial charge >= 0.3 is 6.03 Å². The number of nitrogens with two attached hydrogens (primary N) is 1. The second kappa shape index (κ2) is 2.21. The summed E-state index contributed by atoms with van der Waals surface area (Å²) in [7, 11) is 0. The van der Waals surface area contributed by atoms with Crippen LogP contribution in [0.4, 0.5) is 4.79 Å². The molecule has 0 aromatic carbocycles. The van der Waals surface area contributed by atoms with Gasteiger partial charge in [-0.3, -0.25) is 5.84 Å². The standard InChI is InChI=1S/C7H12N4O/c1-5-7(10-6(12)9-5)2-3-11(8)4-7/h1-4,8H2,(H2,9,10,12). The molecule has 0 bridgehead atoms. The van der Waals surface area contributed by atoms with Gasteiger partial charge in [-0.25, -0.2) is 9.80 Å². The van der Waals surface area contributed by atoms with Crippen LogP contribution in [0, 0.1) is 0 Å². The Kier molecular flexibility index (Phi) is 1.39. The zero-order chi connectivity index (χ0) is 8.77. The summed E-state index contributed by atoms with van der Waals surface area (Å²) in [5.41, 5.74) is 0.423. The second-order valence-corrected chi connectivity index (χ2v) is 3.36. The van der Waals surface area contributed by atoms with E-state index in [0.29, 0.717) is 6.54 Å². The summed E-state index contributed by atoms with van der Waals surface area (Å²) in [6.45, 7) is 5.23. The average Bonchev–Trinajstić information content (AvgIpc) is 2.43. The van der Waals surface area contributed by atoms with Crippen molar-refractivity contribution in [3.05, 3.63) is 12.3 Å². The summed E-state index contributed by atoms with van der Waals surface area (Å²) in [4.78, 5) is 11.0. The molecule has 1 spiro atoms. The van der Waals surface area contributed by atoms with Crippen LogP contribution in [0.15, 0.2) is 12.3 Å². The van der Waals surface area contributed by atoms with Crippen LogP contribution in [0.1, 0.15) is 6.42 Å². The molecule has 2 aliphatic heterocycles. The molecular formula is C7H12N4O. The lowest BCUT2D eigenvalue weighted by Crippen LogP contribution is -2.45. The molecule has 1 atom stereocenters. The zero-order valence-electron chi connectivity index (χ0n) is 6.76. The van der Waals surface area contributed by atoms with E-state index in [9.17, 15) is 4.79 Å². The van der Waals surface area contributed by atoms with Crippen molar-refractivity contribution in [3.8, 4) is 0 Å². The Morgan fingerprint density at radius 2 is 2.42 bits per heavy atom. The molecule has 12 heavy (non-hydrogen) atoms. The van der Waals surface area contributed by atoms with Crippen molar-refractivity contribution < 1.29 is 4.79 Å². The Balaban J connectivity index is 2.22. The topological polar surface area (TPSA) is 70.4 Å². The first-order valence-electron chi connectivity index (χ1n) is 3.91. The van der Waals surface area contributed by atoms with Gasteiger partial charge in [-0.2, -0.15) is 0 Å². The van der Waals surface area contributed by atoms with E-state index in [-0.39, 0.29) is 11.6 Å². The molecule has 2 aliphatic rings. The molecule has 4 N–H and O–H groups in total. The maximum atomic E-state index is 11.0. The third-order valence-corrected chi connectivity index (χ3v) is 2.49. The lowest BCUT2D eigenvalue weighted by molar-refractivity contribution is 0.243. The molecule has 5 heteroatoms. The minimum atomic E-state index is -0.314. The average molecular weight is 168 g/mol. The molecule has 0 radical (unpaired) electrons. The molecule has 0 aromatic rings. The van der Waals surface area contributed by atoms with Crippen LogP contribution >= 0.6 is 0 Å². The van der Waals surface area contributed by atoms with Crippen molar-refractivity contribution in [1.29, 1.82) is 0 Å². The van der Waals surface area contributed by atoms with Crippen LogP contribution in [-0.2, 0) is 0 Å². The Labute approximate surface area is 70.6 Å². The van der Waals surface area contributed by atoms with Gasteiger partial charge < -0.3 is 10.6 Å². The van der Waals surface area contributed by atoms with E-state index < -0.39 is 0 Å². The van der Waals surface area contributed by atoms with Gasteiger partial charge in [-0.1, -0.05) is 6.58 Å². The molecule has 0 saturated carbocycles. The van der Waals surface area contributed by atoms with E-state index in [1.807, 2.05) is 0 Å². The molecule has 2 amide bonds. The zero-order valence-corrected chi connectivity index (χ0v) is 6.76. The third-order valence-electron chi connectivity index (χ3n) is 2.49. The van der Waals surface area contributed by atoms with E-state index in [1.165, 1.54) is 0 Å². The van der Waals surface area contributed by atoms with Gasteiger partial charge in [-0.15, -0.1) is 0 Å². The van der Waals surface area contributed by atoms with Gasteiger partial charge in [0.25, 0.3) is 0 Å². The first-order chi connectivity index (χ1) is 5.62. The second-order valence-electron chi connectivity index (χ2n) is 3.36. The SMILES string of the molecule is C=C1NC(=O)NC12CCN(N)C2. The maximum absolute atomic E-state index is 11.0. The van der Waals surface area contributed by atoms with Gasteiger partial charge in [0, 0.05) is 18.8 Å². The van der Waals surface area contributed by atoms with Crippen molar-refractivity contribution in [2.45, 2.75) is 12.0 Å².